The maximum Gasteiger partial charge on any atom is 0.258 e. The maximum absolute atomic E-state index is 13.3. The average Bonchev–Trinajstić information content (AvgIpc) is 3.04. The Bertz CT molecular complexity index is 1080. The minimum absolute atomic E-state index is 0.0821. The summed E-state index contributed by atoms with van der Waals surface area (Å²) in [7, 11) is -3.15. The molecule has 0 aliphatic carbocycles. The van der Waals surface area contributed by atoms with Crippen LogP contribution >= 0.6 is 11.3 Å². The van der Waals surface area contributed by atoms with Crippen LogP contribution in [-0.4, -0.2) is 25.6 Å². The van der Waals surface area contributed by atoms with Gasteiger partial charge in [0.05, 0.1) is 23.0 Å². The van der Waals surface area contributed by atoms with Crippen LogP contribution in [0.25, 0.3) is 0 Å². The molecule has 0 unspecified atom stereocenters. The zero-order chi connectivity index (χ0) is 20.3. The fraction of sp³-hybridized carbons (Fsp3) is 0.200. The van der Waals surface area contributed by atoms with Gasteiger partial charge in [0.1, 0.15) is 5.82 Å². The molecular weight excluding hydrogens is 399 g/mol. The van der Waals surface area contributed by atoms with Gasteiger partial charge in [-0.1, -0.05) is 12.1 Å². The van der Waals surface area contributed by atoms with Gasteiger partial charge in [-0.25, -0.2) is 17.8 Å². The van der Waals surface area contributed by atoms with E-state index in [1.165, 1.54) is 28.4 Å². The lowest BCUT2D eigenvalue weighted by atomic mass is 10.1. The van der Waals surface area contributed by atoms with Gasteiger partial charge in [-0.3, -0.25) is 4.79 Å². The molecule has 5 nitrogen and oxygen atoms in total. The largest absolute Gasteiger partial charge is 0.302 e. The number of thiazole rings is 1. The van der Waals surface area contributed by atoms with Crippen LogP contribution in [0.15, 0.2) is 53.9 Å². The van der Waals surface area contributed by atoms with E-state index in [4.69, 9.17) is 0 Å². The molecule has 1 amide bonds. The number of hydrogen-bond donors (Lipinski definition) is 0. The molecule has 0 radical (unpaired) electrons. The fourth-order valence-corrected chi connectivity index (χ4v) is 4.15. The first kappa shape index (κ1) is 20.2. The van der Waals surface area contributed by atoms with Crippen LogP contribution in [0.2, 0.25) is 0 Å². The summed E-state index contributed by atoms with van der Waals surface area (Å²) >= 11 is 1.49. The molecule has 1 heterocycles. The van der Waals surface area contributed by atoms with Gasteiger partial charge in [0.2, 0.25) is 0 Å². The summed E-state index contributed by atoms with van der Waals surface area (Å²) in [5.74, 6) is -0.740. The van der Waals surface area contributed by atoms with E-state index < -0.39 is 9.84 Å². The lowest BCUT2D eigenvalue weighted by Gasteiger charge is -2.22. The van der Waals surface area contributed by atoms with Crippen molar-refractivity contribution in [2.45, 2.75) is 19.2 Å². The smallest absolute Gasteiger partial charge is 0.258 e. The first-order valence-corrected chi connectivity index (χ1v) is 11.4. The Kier molecular flexibility index (Phi) is 5.90. The van der Waals surface area contributed by atoms with Gasteiger partial charge in [0.15, 0.2) is 9.84 Å². The Morgan fingerprint density at radius 3 is 2.29 bits per heavy atom. The van der Waals surface area contributed by atoms with Crippen LogP contribution in [0.1, 0.15) is 26.6 Å². The number of sulfone groups is 1. The minimum Gasteiger partial charge on any atom is -0.302 e. The number of halogens is 1. The van der Waals surface area contributed by atoms with Crippen molar-refractivity contribution in [3.05, 3.63) is 81.6 Å². The van der Waals surface area contributed by atoms with Gasteiger partial charge in [0, 0.05) is 22.9 Å². The molecule has 0 saturated heterocycles. The lowest BCUT2D eigenvalue weighted by molar-refractivity contribution is 0.0985. The molecule has 3 aromatic rings. The van der Waals surface area contributed by atoms with Gasteiger partial charge in [-0.05, 0) is 48.9 Å². The summed E-state index contributed by atoms with van der Waals surface area (Å²) in [6.07, 6.45) is 1.16. The van der Waals surface area contributed by atoms with Crippen LogP contribution in [0.3, 0.4) is 0 Å². The Labute approximate surface area is 167 Å². The number of rotatable bonds is 6. The average molecular weight is 419 g/mol. The number of hydrogen-bond acceptors (Lipinski definition) is 5. The molecule has 3 rings (SSSR count). The SMILES string of the molecule is Cc1nc(CN(C(=O)c2ccc(CS(C)(=O)=O)cc2)c2ccc(F)cc2)cs1. The molecular formula is C20H19FN2O3S2. The van der Waals surface area contributed by atoms with E-state index >= 15 is 0 Å². The van der Waals surface area contributed by atoms with Gasteiger partial charge >= 0.3 is 0 Å². The van der Waals surface area contributed by atoms with Crippen molar-refractivity contribution in [1.82, 2.24) is 4.98 Å². The molecule has 0 saturated carbocycles. The van der Waals surface area contributed by atoms with E-state index in [9.17, 15) is 17.6 Å². The third-order valence-corrected chi connectivity index (χ3v) is 5.68. The van der Waals surface area contributed by atoms with Crippen molar-refractivity contribution in [3.8, 4) is 0 Å². The van der Waals surface area contributed by atoms with E-state index in [0.29, 0.717) is 16.8 Å². The van der Waals surface area contributed by atoms with Crippen LogP contribution in [0.4, 0.5) is 10.1 Å². The summed E-state index contributed by atoms with van der Waals surface area (Å²) in [4.78, 5) is 19.1. The molecule has 0 fully saturated rings. The Balaban J connectivity index is 1.90. The third-order valence-electron chi connectivity index (χ3n) is 4.00. The molecule has 146 valence electrons. The molecule has 2 aromatic carbocycles. The van der Waals surface area contributed by atoms with E-state index in [1.54, 1.807) is 36.4 Å². The Hall–Kier alpha value is -2.58. The number of aryl methyl sites for hydroxylation is 1. The molecule has 0 aliphatic rings. The molecule has 0 bridgehead atoms. The second-order valence-corrected chi connectivity index (χ2v) is 9.69. The summed E-state index contributed by atoms with van der Waals surface area (Å²) in [5, 5.41) is 2.78. The summed E-state index contributed by atoms with van der Waals surface area (Å²) in [6, 6.07) is 12.2. The quantitative estimate of drug-likeness (QED) is 0.607. The van der Waals surface area contributed by atoms with Gasteiger partial charge < -0.3 is 4.90 Å². The number of amides is 1. The molecule has 0 N–H and O–H groups in total. The van der Waals surface area contributed by atoms with Gasteiger partial charge in [-0.15, -0.1) is 11.3 Å². The van der Waals surface area contributed by atoms with Crippen molar-refractivity contribution in [3.63, 3.8) is 0 Å². The van der Waals surface area contributed by atoms with Crippen molar-refractivity contribution < 1.29 is 17.6 Å². The number of carbonyl (C=O) groups excluding carboxylic acids is 1. The summed E-state index contributed by atoms with van der Waals surface area (Å²) in [5.41, 5.74) is 2.32. The van der Waals surface area contributed by atoms with Crippen LogP contribution < -0.4 is 4.90 Å². The van der Waals surface area contributed by atoms with Gasteiger partial charge in [0.25, 0.3) is 5.91 Å². The first-order chi connectivity index (χ1) is 13.2. The molecule has 1 aromatic heterocycles. The van der Waals surface area contributed by atoms with Crippen LogP contribution in [-0.2, 0) is 22.1 Å². The molecule has 8 heteroatoms. The number of anilines is 1. The van der Waals surface area contributed by atoms with E-state index in [2.05, 4.69) is 4.98 Å². The highest BCUT2D eigenvalue weighted by Crippen LogP contribution is 2.22. The van der Waals surface area contributed by atoms with Crippen molar-refractivity contribution in [2.24, 2.45) is 0 Å². The highest BCUT2D eigenvalue weighted by Gasteiger charge is 2.20. The lowest BCUT2D eigenvalue weighted by Crippen LogP contribution is -2.30. The highest BCUT2D eigenvalue weighted by molar-refractivity contribution is 7.89. The first-order valence-electron chi connectivity index (χ1n) is 8.46. The Morgan fingerprint density at radius 2 is 1.75 bits per heavy atom. The van der Waals surface area contributed by atoms with Gasteiger partial charge in [-0.2, -0.15) is 0 Å². The number of benzene rings is 2. The van der Waals surface area contributed by atoms with E-state index in [1.807, 2.05) is 12.3 Å². The highest BCUT2D eigenvalue weighted by atomic mass is 32.2. The molecule has 28 heavy (non-hydrogen) atoms. The van der Waals surface area contributed by atoms with Crippen molar-refractivity contribution in [1.29, 1.82) is 0 Å². The third kappa shape index (κ3) is 5.24. The Morgan fingerprint density at radius 1 is 1.11 bits per heavy atom. The molecule has 0 aliphatic heterocycles. The summed E-state index contributed by atoms with van der Waals surface area (Å²) in [6.45, 7) is 2.14. The fourth-order valence-electron chi connectivity index (χ4n) is 2.75. The zero-order valence-corrected chi connectivity index (χ0v) is 17.1. The number of nitrogens with zero attached hydrogens (tertiary/aromatic N) is 2. The second-order valence-electron chi connectivity index (χ2n) is 6.49. The monoisotopic (exact) mass is 418 g/mol. The predicted octanol–water partition coefficient (Wildman–Crippen LogP) is 3.98. The maximum atomic E-state index is 13.3. The summed E-state index contributed by atoms with van der Waals surface area (Å²) < 4.78 is 36.2. The van der Waals surface area contributed by atoms with E-state index in [0.717, 1.165) is 17.0 Å². The minimum atomic E-state index is -3.15. The van der Waals surface area contributed by atoms with Crippen molar-refractivity contribution in [2.75, 3.05) is 11.2 Å². The number of aromatic nitrogens is 1. The van der Waals surface area contributed by atoms with Crippen LogP contribution in [0, 0.1) is 12.7 Å². The second kappa shape index (κ2) is 8.20. The van der Waals surface area contributed by atoms with E-state index in [-0.39, 0.29) is 24.0 Å². The van der Waals surface area contributed by atoms with Crippen molar-refractivity contribution >= 4 is 32.8 Å². The zero-order valence-electron chi connectivity index (χ0n) is 15.4. The van der Waals surface area contributed by atoms with Crippen LogP contribution in [0.5, 0.6) is 0 Å². The normalized spacial score (nSPS) is 11.4. The number of carbonyl (C=O) groups is 1. The standard InChI is InChI=1S/C20H19FN2O3S2/c1-14-22-18(12-27-14)11-23(19-9-7-17(21)8-10-19)20(24)16-5-3-15(4-6-16)13-28(2,25)26/h3-10,12H,11,13H2,1-2H3. The molecule has 0 spiro atoms. The topological polar surface area (TPSA) is 67.3 Å². The molecule has 0 atom stereocenters. The predicted molar refractivity (Wildman–Crippen MR) is 109 cm³/mol.